The van der Waals surface area contributed by atoms with Crippen LogP contribution in [0.25, 0.3) is 0 Å². The van der Waals surface area contributed by atoms with E-state index in [0.29, 0.717) is 18.7 Å². The smallest absolute Gasteiger partial charge is 0.344 e. The number of hydrogen-bond donors (Lipinski definition) is 1. The summed E-state index contributed by atoms with van der Waals surface area (Å²) >= 11 is 1.50. The summed E-state index contributed by atoms with van der Waals surface area (Å²) in [5.41, 5.74) is -0.244. The Bertz CT molecular complexity index is 591. The average Bonchev–Trinajstić information content (AvgIpc) is 2.98. The van der Waals surface area contributed by atoms with Gasteiger partial charge < -0.3 is 14.7 Å². The predicted molar refractivity (Wildman–Crippen MR) is 86.0 cm³/mol. The molecule has 1 aliphatic heterocycles. The molecular weight excluding hydrogens is 302 g/mol. The Kier molecular flexibility index (Phi) is 5.24. The molecule has 120 valence electrons. The highest BCUT2D eigenvalue weighted by Crippen LogP contribution is 2.39. The number of aliphatic hydroxyl groups is 1. The number of hydrogen-bond acceptors (Lipinski definition) is 6. The molecule has 1 atom stereocenters. The molecule has 2 rings (SSSR count). The predicted octanol–water partition coefficient (Wildman–Crippen LogP) is 3.91. The highest BCUT2D eigenvalue weighted by Gasteiger charge is 2.41. The van der Waals surface area contributed by atoms with E-state index < -0.39 is 11.6 Å². The number of rotatable bonds is 6. The normalized spacial score (nSPS) is 22.7. The largest absolute Gasteiger partial charge is 0.511 e. The van der Waals surface area contributed by atoms with Gasteiger partial charge in [0.2, 0.25) is 0 Å². The zero-order valence-corrected chi connectivity index (χ0v) is 13.9. The van der Waals surface area contributed by atoms with Gasteiger partial charge in [0.1, 0.15) is 17.9 Å². The van der Waals surface area contributed by atoms with Gasteiger partial charge >= 0.3 is 5.97 Å². The topological polar surface area (TPSA) is 68.1 Å². The SMILES string of the molecule is CCCC(=NOCC)C1=C(O)CC(C)(c2cccs2)OC1=O. The molecule has 0 saturated carbocycles. The second-order valence-electron chi connectivity index (χ2n) is 5.30. The number of thiophene rings is 1. The van der Waals surface area contributed by atoms with Gasteiger partial charge in [0.15, 0.2) is 5.60 Å². The van der Waals surface area contributed by atoms with E-state index >= 15 is 0 Å². The second-order valence-corrected chi connectivity index (χ2v) is 6.25. The number of ether oxygens (including phenoxy) is 1. The third kappa shape index (κ3) is 3.32. The highest BCUT2D eigenvalue weighted by atomic mass is 32.1. The van der Waals surface area contributed by atoms with E-state index in [1.807, 2.05) is 38.3 Å². The third-order valence-corrected chi connectivity index (χ3v) is 4.55. The summed E-state index contributed by atoms with van der Waals surface area (Å²) in [4.78, 5) is 18.4. The van der Waals surface area contributed by atoms with E-state index in [2.05, 4.69) is 5.16 Å². The standard InChI is InChI=1S/C16H21NO4S/c1-4-7-11(17-20-5-2)14-12(18)10-16(3,21-15(14)19)13-8-6-9-22-13/h6,8-9,18H,4-5,7,10H2,1-3H3. The Hall–Kier alpha value is -1.82. The molecule has 22 heavy (non-hydrogen) atoms. The maximum absolute atomic E-state index is 12.4. The van der Waals surface area contributed by atoms with Crippen LogP contribution in [0.2, 0.25) is 0 Å². The Morgan fingerprint density at radius 1 is 1.55 bits per heavy atom. The van der Waals surface area contributed by atoms with E-state index in [4.69, 9.17) is 9.57 Å². The fraction of sp³-hybridized carbons (Fsp3) is 0.500. The van der Waals surface area contributed by atoms with Gasteiger partial charge in [-0.1, -0.05) is 24.6 Å². The fourth-order valence-electron chi connectivity index (χ4n) is 2.41. The zero-order chi connectivity index (χ0) is 16.2. The van der Waals surface area contributed by atoms with Crippen LogP contribution in [0, 0.1) is 0 Å². The molecule has 0 spiro atoms. The summed E-state index contributed by atoms with van der Waals surface area (Å²) < 4.78 is 5.63. The van der Waals surface area contributed by atoms with Crippen molar-refractivity contribution in [3.8, 4) is 0 Å². The molecule has 6 heteroatoms. The molecule has 0 fully saturated rings. The zero-order valence-electron chi connectivity index (χ0n) is 13.1. The van der Waals surface area contributed by atoms with Gasteiger partial charge in [-0.3, -0.25) is 0 Å². The van der Waals surface area contributed by atoms with Crippen molar-refractivity contribution < 1.29 is 19.5 Å². The Morgan fingerprint density at radius 2 is 2.32 bits per heavy atom. The van der Waals surface area contributed by atoms with Crippen molar-refractivity contribution in [3.63, 3.8) is 0 Å². The van der Waals surface area contributed by atoms with Crippen molar-refractivity contribution in [2.45, 2.75) is 45.6 Å². The van der Waals surface area contributed by atoms with E-state index in [1.54, 1.807) is 0 Å². The lowest BCUT2D eigenvalue weighted by Gasteiger charge is -2.33. The molecule has 5 nitrogen and oxygen atoms in total. The maximum Gasteiger partial charge on any atom is 0.344 e. The highest BCUT2D eigenvalue weighted by molar-refractivity contribution is 7.10. The van der Waals surface area contributed by atoms with Crippen molar-refractivity contribution in [1.82, 2.24) is 0 Å². The van der Waals surface area contributed by atoms with Crippen molar-refractivity contribution in [2.75, 3.05) is 6.61 Å². The first-order valence-electron chi connectivity index (χ1n) is 7.40. The van der Waals surface area contributed by atoms with E-state index in [-0.39, 0.29) is 17.8 Å². The number of cyclic esters (lactones) is 1. The first kappa shape index (κ1) is 16.5. The van der Waals surface area contributed by atoms with Crippen LogP contribution in [-0.2, 0) is 20.0 Å². The van der Waals surface area contributed by atoms with Crippen LogP contribution < -0.4 is 0 Å². The molecule has 1 aliphatic rings. The number of aliphatic hydroxyl groups excluding tert-OH is 1. The van der Waals surface area contributed by atoms with Crippen LogP contribution in [0.1, 0.15) is 44.9 Å². The summed E-state index contributed by atoms with van der Waals surface area (Å²) in [5, 5.41) is 16.3. The molecule has 0 amide bonds. The lowest BCUT2D eigenvalue weighted by molar-refractivity contribution is -0.156. The first-order chi connectivity index (χ1) is 10.5. The van der Waals surface area contributed by atoms with Crippen LogP contribution in [0.15, 0.2) is 34.0 Å². The van der Waals surface area contributed by atoms with Gasteiger partial charge in [0.05, 0.1) is 12.1 Å². The van der Waals surface area contributed by atoms with E-state index in [9.17, 15) is 9.90 Å². The summed E-state index contributed by atoms with van der Waals surface area (Å²) in [6.07, 6.45) is 1.58. The lowest BCUT2D eigenvalue weighted by Crippen LogP contribution is -2.36. The molecule has 1 aromatic heterocycles. The van der Waals surface area contributed by atoms with Crippen molar-refractivity contribution in [3.05, 3.63) is 33.7 Å². The van der Waals surface area contributed by atoms with Gasteiger partial charge in [-0.15, -0.1) is 11.3 Å². The molecule has 1 unspecified atom stereocenters. The van der Waals surface area contributed by atoms with Crippen LogP contribution >= 0.6 is 11.3 Å². The van der Waals surface area contributed by atoms with Crippen molar-refractivity contribution >= 4 is 23.0 Å². The minimum atomic E-state index is -0.832. The van der Waals surface area contributed by atoms with Gasteiger partial charge in [0.25, 0.3) is 0 Å². The molecule has 0 saturated heterocycles. The lowest BCUT2D eigenvalue weighted by atomic mass is 9.91. The van der Waals surface area contributed by atoms with Crippen molar-refractivity contribution in [2.24, 2.45) is 5.16 Å². The number of carbonyl (C=O) groups excluding carboxylic acids is 1. The van der Waals surface area contributed by atoms with Gasteiger partial charge in [-0.25, -0.2) is 4.79 Å². The molecule has 1 aromatic rings. The Morgan fingerprint density at radius 3 is 2.86 bits per heavy atom. The summed E-state index contributed by atoms with van der Waals surface area (Å²) in [7, 11) is 0. The average molecular weight is 323 g/mol. The minimum absolute atomic E-state index is 0.0130. The van der Waals surface area contributed by atoms with Crippen LogP contribution in [0.4, 0.5) is 0 Å². The minimum Gasteiger partial charge on any atom is -0.511 e. The number of nitrogens with zero attached hydrogens (tertiary/aromatic N) is 1. The molecule has 0 aromatic carbocycles. The van der Waals surface area contributed by atoms with Gasteiger partial charge in [0, 0.05) is 4.88 Å². The Labute approximate surface area is 134 Å². The third-order valence-electron chi connectivity index (χ3n) is 3.44. The van der Waals surface area contributed by atoms with Crippen LogP contribution in [-0.4, -0.2) is 23.4 Å². The summed E-state index contributed by atoms with van der Waals surface area (Å²) in [6, 6.07) is 3.80. The quantitative estimate of drug-likeness (QED) is 0.489. The number of esters is 1. The summed E-state index contributed by atoms with van der Waals surface area (Å²) in [6.45, 7) is 6.00. The number of carbonyl (C=O) groups is 1. The molecule has 0 radical (unpaired) electrons. The monoisotopic (exact) mass is 323 g/mol. The van der Waals surface area contributed by atoms with Crippen molar-refractivity contribution in [1.29, 1.82) is 0 Å². The van der Waals surface area contributed by atoms with Crippen LogP contribution in [0.5, 0.6) is 0 Å². The Balaban J connectivity index is 2.35. The molecule has 2 heterocycles. The summed E-state index contributed by atoms with van der Waals surface area (Å²) in [5.74, 6) is -0.536. The van der Waals surface area contributed by atoms with Crippen LogP contribution in [0.3, 0.4) is 0 Å². The van der Waals surface area contributed by atoms with E-state index in [0.717, 1.165) is 11.3 Å². The van der Waals surface area contributed by atoms with Gasteiger partial charge in [-0.05, 0) is 31.7 Å². The second kappa shape index (κ2) is 6.96. The van der Waals surface area contributed by atoms with E-state index in [1.165, 1.54) is 11.3 Å². The first-order valence-corrected chi connectivity index (χ1v) is 8.28. The molecular formula is C16H21NO4S. The molecule has 0 bridgehead atoms. The maximum atomic E-state index is 12.4. The fourth-order valence-corrected chi connectivity index (χ4v) is 3.24. The molecule has 0 aliphatic carbocycles. The van der Waals surface area contributed by atoms with Gasteiger partial charge in [-0.2, -0.15) is 0 Å². The number of oxime groups is 1. The molecule has 1 N–H and O–H groups in total.